The summed E-state index contributed by atoms with van der Waals surface area (Å²) in [5.74, 6) is 0. The van der Waals surface area contributed by atoms with Gasteiger partial charge in [-0.15, -0.1) is 0 Å². The van der Waals surface area contributed by atoms with Gasteiger partial charge in [0.05, 0.1) is 19.8 Å². The fraction of sp³-hybridized carbons (Fsp3) is 1.00. The number of hydrogen-bond donors (Lipinski definition) is 11. The lowest BCUT2D eigenvalue weighted by molar-refractivity contribution is -0.379. The highest BCUT2D eigenvalue weighted by Crippen LogP contribution is 2.32. The van der Waals surface area contributed by atoms with E-state index in [0.717, 1.165) is 0 Å². The van der Waals surface area contributed by atoms with E-state index in [1.54, 1.807) is 0 Å². The smallest absolute Gasteiger partial charge is 0.187 e. The van der Waals surface area contributed by atoms with Crippen LogP contribution in [-0.4, -0.2) is 168 Å². The summed E-state index contributed by atoms with van der Waals surface area (Å²) in [6.45, 7) is -2.33. The van der Waals surface area contributed by atoms with Crippen molar-refractivity contribution >= 4 is 0 Å². The Morgan fingerprint density at radius 2 is 0.853 bits per heavy atom. The van der Waals surface area contributed by atoms with Crippen LogP contribution in [0.4, 0.5) is 0 Å². The molecule has 0 aromatic heterocycles. The summed E-state index contributed by atoms with van der Waals surface area (Å²) in [4.78, 5) is 0. The Balaban J connectivity index is 1.78. The molecule has 15 atom stereocenters. The lowest BCUT2D eigenvalue weighted by Gasteiger charge is -2.47. The van der Waals surface area contributed by atoms with Crippen LogP contribution < -0.4 is 0 Å². The molecule has 3 fully saturated rings. The molecule has 34 heavy (non-hydrogen) atoms. The van der Waals surface area contributed by atoms with E-state index in [1.807, 2.05) is 0 Å². The van der Waals surface area contributed by atoms with Gasteiger partial charge in [-0.2, -0.15) is 0 Å². The number of aliphatic hydroxyl groups is 11. The summed E-state index contributed by atoms with van der Waals surface area (Å²) >= 11 is 0. The van der Waals surface area contributed by atoms with Crippen molar-refractivity contribution in [3.8, 4) is 0 Å². The SMILES string of the molecule is OC[C@H]1O[C@@H](O)[C@H](O)[C@@H](O[C@@H]2O[C@H](CO)[C@@H](O)[C@H](O[C@@H]3O[C@H](CO)[C@@H](O)[C@H](O)[C@H]3O)[C@H]2O)[C@H]1O. The monoisotopic (exact) mass is 504 g/mol. The van der Waals surface area contributed by atoms with Crippen LogP contribution in [-0.2, 0) is 23.7 Å². The second-order valence-corrected chi connectivity index (χ2v) is 8.33. The summed E-state index contributed by atoms with van der Waals surface area (Å²) in [5, 5.41) is 110. The highest BCUT2D eigenvalue weighted by Gasteiger charge is 2.53. The molecule has 0 aliphatic carbocycles. The third-order valence-electron chi connectivity index (χ3n) is 6.09. The van der Waals surface area contributed by atoms with Crippen molar-refractivity contribution in [2.75, 3.05) is 19.8 Å². The van der Waals surface area contributed by atoms with Crippen molar-refractivity contribution in [3.63, 3.8) is 0 Å². The maximum absolute atomic E-state index is 10.7. The van der Waals surface area contributed by atoms with E-state index in [-0.39, 0.29) is 0 Å². The maximum Gasteiger partial charge on any atom is 0.187 e. The first-order valence-electron chi connectivity index (χ1n) is 10.6. The number of ether oxygens (including phenoxy) is 5. The molecule has 0 radical (unpaired) electrons. The predicted molar refractivity (Wildman–Crippen MR) is 101 cm³/mol. The van der Waals surface area contributed by atoms with E-state index in [2.05, 4.69) is 0 Å². The van der Waals surface area contributed by atoms with Gasteiger partial charge in [0.25, 0.3) is 0 Å². The highest BCUT2D eigenvalue weighted by molar-refractivity contribution is 4.96. The van der Waals surface area contributed by atoms with E-state index < -0.39 is 112 Å². The van der Waals surface area contributed by atoms with Crippen molar-refractivity contribution in [2.24, 2.45) is 0 Å². The zero-order valence-corrected chi connectivity index (χ0v) is 17.7. The Hall–Kier alpha value is -0.640. The van der Waals surface area contributed by atoms with Gasteiger partial charge < -0.3 is 79.9 Å². The first-order chi connectivity index (χ1) is 16.0. The Morgan fingerprint density at radius 3 is 1.35 bits per heavy atom. The average Bonchev–Trinajstić information content (AvgIpc) is 2.82. The zero-order valence-electron chi connectivity index (χ0n) is 17.7. The minimum Gasteiger partial charge on any atom is -0.394 e. The van der Waals surface area contributed by atoms with Crippen LogP contribution in [0.2, 0.25) is 0 Å². The molecule has 0 spiro atoms. The van der Waals surface area contributed by atoms with E-state index in [0.29, 0.717) is 0 Å². The third-order valence-corrected chi connectivity index (χ3v) is 6.09. The molecule has 200 valence electrons. The highest BCUT2D eigenvalue weighted by atomic mass is 16.7. The van der Waals surface area contributed by atoms with Crippen LogP contribution >= 0.6 is 0 Å². The molecule has 3 saturated heterocycles. The van der Waals surface area contributed by atoms with Crippen LogP contribution in [0.5, 0.6) is 0 Å². The Kier molecular flexibility index (Phi) is 9.54. The summed E-state index contributed by atoms with van der Waals surface area (Å²) in [6.07, 6.45) is -25.5. The maximum atomic E-state index is 10.7. The van der Waals surface area contributed by atoms with Crippen molar-refractivity contribution in [1.29, 1.82) is 0 Å². The topological polar surface area (TPSA) is 269 Å². The first-order valence-corrected chi connectivity index (χ1v) is 10.6. The van der Waals surface area contributed by atoms with Crippen LogP contribution in [0, 0.1) is 0 Å². The van der Waals surface area contributed by atoms with Crippen LogP contribution in [0.15, 0.2) is 0 Å². The van der Waals surface area contributed by atoms with Gasteiger partial charge in [0.1, 0.15) is 73.2 Å². The van der Waals surface area contributed by atoms with Gasteiger partial charge >= 0.3 is 0 Å². The Labute approximate surface area is 192 Å². The summed E-state index contributed by atoms with van der Waals surface area (Å²) in [5.41, 5.74) is 0. The van der Waals surface area contributed by atoms with E-state index in [4.69, 9.17) is 23.7 Å². The third kappa shape index (κ3) is 5.37. The molecule has 0 bridgehead atoms. The molecule has 0 amide bonds. The number of aliphatic hydroxyl groups excluding tert-OH is 11. The minimum absolute atomic E-state index is 0.750. The van der Waals surface area contributed by atoms with Crippen LogP contribution in [0.1, 0.15) is 0 Å². The average molecular weight is 504 g/mol. The molecule has 16 nitrogen and oxygen atoms in total. The van der Waals surface area contributed by atoms with Gasteiger partial charge in [0.15, 0.2) is 18.9 Å². The van der Waals surface area contributed by atoms with Gasteiger partial charge in [-0.25, -0.2) is 0 Å². The van der Waals surface area contributed by atoms with Crippen molar-refractivity contribution in [2.45, 2.75) is 92.1 Å². The van der Waals surface area contributed by atoms with Crippen molar-refractivity contribution in [1.82, 2.24) is 0 Å². The standard InChI is InChI=1S/C18H32O16/c19-1-4-7(22)10(25)11(26)17(31-4)34-15-9(24)6(3-21)32-18(13(15)28)33-14-8(23)5(2-20)30-16(29)12(14)27/h4-29H,1-3H2/t4-,5-,6-,7-,8+,9-,10+,11-,12-,13-,14+,15+,16-,17+,18+/m1/s1. The van der Waals surface area contributed by atoms with E-state index in [9.17, 15) is 56.2 Å². The lowest BCUT2D eigenvalue weighted by atomic mass is 9.96. The summed E-state index contributed by atoms with van der Waals surface area (Å²) in [6, 6.07) is 0. The number of rotatable bonds is 7. The number of hydrogen-bond acceptors (Lipinski definition) is 16. The molecule has 3 heterocycles. The molecule has 0 unspecified atom stereocenters. The molecular formula is C18H32O16. The molecule has 3 rings (SSSR count). The largest absolute Gasteiger partial charge is 0.394 e. The van der Waals surface area contributed by atoms with Gasteiger partial charge in [-0.3, -0.25) is 0 Å². The predicted octanol–water partition coefficient (Wildman–Crippen LogP) is -7.57. The molecule has 3 aliphatic heterocycles. The van der Waals surface area contributed by atoms with Crippen LogP contribution in [0.3, 0.4) is 0 Å². The molecule has 16 heteroatoms. The van der Waals surface area contributed by atoms with Crippen molar-refractivity contribution in [3.05, 3.63) is 0 Å². The second kappa shape index (κ2) is 11.6. The Bertz CT molecular complexity index is 639. The van der Waals surface area contributed by atoms with E-state index >= 15 is 0 Å². The van der Waals surface area contributed by atoms with Crippen molar-refractivity contribution < 1.29 is 79.9 Å². The summed E-state index contributed by atoms with van der Waals surface area (Å²) < 4.78 is 26.2. The molecule has 0 saturated carbocycles. The molecule has 11 N–H and O–H groups in total. The van der Waals surface area contributed by atoms with Gasteiger partial charge in [0.2, 0.25) is 0 Å². The first kappa shape index (κ1) is 27.9. The fourth-order valence-electron chi connectivity index (χ4n) is 4.04. The zero-order chi connectivity index (χ0) is 25.3. The lowest BCUT2D eigenvalue weighted by Crippen LogP contribution is -2.66. The normalized spacial score (nSPS) is 52.5. The minimum atomic E-state index is -1.92. The fourth-order valence-corrected chi connectivity index (χ4v) is 4.04. The second-order valence-electron chi connectivity index (χ2n) is 8.33. The van der Waals surface area contributed by atoms with Gasteiger partial charge in [0, 0.05) is 0 Å². The molecule has 0 aromatic carbocycles. The quantitative estimate of drug-likeness (QED) is 0.154. The summed E-state index contributed by atoms with van der Waals surface area (Å²) in [7, 11) is 0. The molecular weight excluding hydrogens is 472 g/mol. The van der Waals surface area contributed by atoms with Gasteiger partial charge in [-0.05, 0) is 0 Å². The molecule has 3 aliphatic rings. The van der Waals surface area contributed by atoms with E-state index in [1.165, 1.54) is 0 Å². The Morgan fingerprint density at radius 1 is 0.441 bits per heavy atom. The molecule has 0 aromatic rings. The van der Waals surface area contributed by atoms with Gasteiger partial charge in [-0.1, -0.05) is 0 Å². The van der Waals surface area contributed by atoms with Crippen LogP contribution in [0.25, 0.3) is 0 Å².